The van der Waals surface area contributed by atoms with Crippen molar-refractivity contribution in [2.24, 2.45) is 7.05 Å². The topological polar surface area (TPSA) is 53.9 Å². The highest BCUT2D eigenvalue weighted by Crippen LogP contribution is 2.34. The molecular formula is C19H22N4O. The van der Waals surface area contributed by atoms with Gasteiger partial charge in [0.2, 0.25) is 0 Å². The van der Waals surface area contributed by atoms with Gasteiger partial charge in [-0.1, -0.05) is 25.1 Å². The van der Waals surface area contributed by atoms with Crippen LogP contribution in [0.3, 0.4) is 0 Å². The number of aromatic nitrogens is 3. The lowest BCUT2D eigenvalue weighted by molar-refractivity contribution is 0.0737. The van der Waals surface area contributed by atoms with Crippen molar-refractivity contribution in [3.8, 4) is 0 Å². The number of para-hydroxylation sites is 1. The number of fused-ring (bicyclic) bond motifs is 1. The number of carbonyl (C=O) groups is 1. The number of benzene rings is 1. The Balaban J connectivity index is 1.70. The van der Waals surface area contributed by atoms with Gasteiger partial charge in [0, 0.05) is 42.5 Å². The molecule has 1 N–H and O–H groups in total. The highest BCUT2D eigenvalue weighted by atomic mass is 16.2. The van der Waals surface area contributed by atoms with Gasteiger partial charge in [-0.3, -0.25) is 9.48 Å². The van der Waals surface area contributed by atoms with E-state index in [0.717, 1.165) is 47.8 Å². The van der Waals surface area contributed by atoms with Crippen LogP contribution in [0.2, 0.25) is 0 Å². The minimum Gasteiger partial charge on any atom is -0.360 e. The summed E-state index contributed by atoms with van der Waals surface area (Å²) in [5, 5.41) is 5.29. The summed E-state index contributed by atoms with van der Waals surface area (Å²) in [6.07, 6.45) is 8.74. The van der Waals surface area contributed by atoms with Crippen LogP contribution < -0.4 is 0 Å². The molecule has 1 aliphatic heterocycles. The van der Waals surface area contributed by atoms with Gasteiger partial charge in [0.1, 0.15) is 0 Å². The summed E-state index contributed by atoms with van der Waals surface area (Å²) in [5.74, 6) is 0.112. The maximum absolute atomic E-state index is 13.2. The zero-order valence-electron chi connectivity index (χ0n) is 14.1. The van der Waals surface area contributed by atoms with Crippen molar-refractivity contribution in [2.75, 3.05) is 6.54 Å². The van der Waals surface area contributed by atoms with Crippen molar-refractivity contribution in [2.45, 2.75) is 32.2 Å². The summed E-state index contributed by atoms with van der Waals surface area (Å²) >= 11 is 0. The third-order valence-electron chi connectivity index (χ3n) is 5.04. The number of amides is 1. The van der Waals surface area contributed by atoms with Crippen LogP contribution in [0.25, 0.3) is 10.9 Å². The molecule has 0 spiro atoms. The van der Waals surface area contributed by atoms with Gasteiger partial charge in [-0.15, -0.1) is 0 Å². The number of H-pyrrole nitrogens is 1. The average molecular weight is 322 g/mol. The molecule has 0 aliphatic carbocycles. The second-order valence-electron chi connectivity index (χ2n) is 6.50. The molecule has 2 aromatic heterocycles. The first kappa shape index (κ1) is 15.0. The molecule has 5 heteroatoms. The molecule has 5 nitrogen and oxygen atoms in total. The molecule has 3 aromatic rings. The second-order valence-corrected chi connectivity index (χ2v) is 6.50. The molecule has 1 fully saturated rings. The summed E-state index contributed by atoms with van der Waals surface area (Å²) in [4.78, 5) is 18.5. The Morgan fingerprint density at radius 3 is 3.04 bits per heavy atom. The van der Waals surface area contributed by atoms with E-state index in [9.17, 15) is 4.79 Å². The summed E-state index contributed by atoms with van der Waals surface area (Å²) < 4.78 is 1.80. The highest BCUT2D eigenvalue weighted by molar-refractivity contribution is 6.07. The van der Waals surface area contributed by atoms with Crippen LogP contribution in [0.4, 0.5) is 0 Å². The van der Waals surface area contributed by atoms with Gasteiger partial charge in [-0.05, 0) is 24.8 Å². The van der Waals surface area contributed by atoms with Crippen LogP contribution in [0, 0.1) is 0 Å². The van der Waals surface area contributed by atoms with Gasteiger partial charge in [0.15, 0.2) is 0 Å². The number of hydrogen-bond donors (Lipinski definition) is 1. The number of nitrogens with zero attached hydrogens (tertiary/aromatic N) is 3. The lowest BCUT2D eigenvalue weighted by Gasteiger charge is -2.23. The first-order valence-electron chi connectivity index (χ1n) is 8.57. The van der Waals surface area contributed by atoms with Gasteiger partial charge in [-0.25, -0.2) is 0 Å². The van der Waals surface area contributed by atoms with E-state index < -0.39 is 0 Å². The fraction of sp³-hybridized carbons (Fsp3) is 0.368. The Hall–Kier alpha value is -2.56. The molecule has 4 rings (SSSR count). The fourth-order valence-corrected chi connectivity index (χ4v) is 3.81. The molecule has 124 valence electrons. The number of nitrogens with one attached hydrogen (secondary N) is 1. The van der Waals surface area contributed by atoms with Crippen LogP contribution in [0.5, 0.6) is 0 Å². The molecule has 3 heterocycles. The Kier molecular flexibility index (Phi) is 3.63. The first-order chi connectivity index (χ1) is 11.7. The number of carbonyl (C=O) groups excluding carboxylic acids is 1. The van der Waals surface area contributed by atoms with Crippen LogP contribution in [0.1, 0.15) is 47.3 Å². The molecule has 0 bridgehead atoms. The monoisotopic (exact) mass is 322 g/mol. The number of rotatable bonds is 3. The molecule has 0 saturated carbocycles. The van der Waals surface area contributed by atoms with Crippen molar-refractivity contribution in [3.63, 3.8) is 0 Å². The standard InChI is InChI=1S/C19H22N4O/c1-3-13-6-4-7-15-16(11-20-18(13)15)19(24)23-9-5-8-17(23)14-10-21-22(2)12-14/h4,6-7,10-12,17,20H,3,5,8-9H2,1-2H3/t17-/m1/s1. The number of aromatic amines is 1. The number of likely N-dealkylation sites (tertiary alicyclic amines) is 1. The molecule has 0 radical (unpaired) electrons. The molecule has 1 aliphatic rings. The molecule has 1 atom stereocenters. The van der Waals surface area contributed by atoms with Crippen molar-refractivity contribution >= 4 is 16.8 Å². The van der Waals surface area contributed by atoms with E-state index in [1.807, 2.05) is 42.7 Å². The van der Waals surface area contributed by atoms with Crippen molar-refractivity contribution < 1.29 is 4.79 Å². The third kappa shape index (κ3) is 2.31. The van der Waals surface area contributed by atoms with Gasteiger partial charge in [0.25, 0.3) is 5.91 Å². The summed E-state index contributed by atoms with van der Waals surface area (Å²) in [5.41, 5.74) is 4.23. The normalized spacial score (nSPS) is 17.8. The zero-order chi connectivity index (χ0) is 16.7. The maximum Gasteiger partial charge on any atom is 0.256 e. The first-order valence-corrected chi connectivity index (χ1v) is 8.57. The lowest BCUT2D eigenvalue weighted by atomic mass is 10.1. The van der Waals surface area contributed by atoms with Gasteiger partial charge in [0.05, 0.1) is 17.8 Å². The van der Waals surface area contributed by atoms with Crippen molar-refractivity contribution in [1.29, 1.82) is 0 Å². The summed E-state index contributed by atoms with van der Waals surface area (Å²) in [6, 6.07) is 6.31. The SMILES string of the molecule is CCc1cccc2c(C(=O)N3CCC[C@@H]3c3cnn(C)c3)c[nH]c12. The minimum atomic E-state index is 0.112. The van der Waals surface area contributed by atoms with E-state index >= 15 is 0 Å². The number of aryl methyl sites for hydroxylation is 2. The molecule has 1 saturated heterocycles. The van der Waals surface area contributed by atoms with Gasteiger partial charge in [-0.2, -0.15) is 5.10 Å². The lowest BCUT2D eigenvalue weighted by Crippen LogP contribution is -2.30. The van der Waals surface area contributed by atoms with Gasteiger partial charge >= 0.3 is 0 Å². The van der Waals surface area contributed by atoms with E-state index in [1.165, 1.54) is 5.56 Å². The molecule has 1 amide bonds. The van der Waals surface area contributed by atoms with E-state index in [1.54, 1.807) is 4.68 Å². The van der Waals surface area contributed by atoms with Crippen LogP contribution in [-0.2, 0) is 13.5 Å². The summed E-state index contributed by atoms with van der Waals surface area (Å²) in [6.45, 7) is 2.94. The predicted octanol–water partition coefficient (Wildman–Crippen LogP) is 3.44. The van der Waals surface area contributed by atoms with Gasteiger partial charge < -0.3 is 9.88 Å². The maximum atomic E-state index is 13.2. The van der Waals surface area contributed by atoms with Crippen LogP contribution in [-0.4, -0.2) is 32.1 Å². The molecule has 24 heavy (non-hydrogen) atoms. The molecular weight excluding hydrogens is 300 g/mol. The predicted molar refractivity (Wildman–Crippen MR) is 93.9 cm³/mol. The van der Waals surface area contributed by atoms with Crippen molar-refractivity contribution in [3.05, 3.63) is 53.5 Å². The van der Waals surface area contributed by atoms with E-state index in [4.69, 9.17) is 0 Å². The van der Waals surface area contributed by atoms with Crippen molar-refractivity contribution in [1.82, 2.24) is 19.7 Å². The smallest absolute Gasteiger partial charge is 0.256 e. The van der Waals surface area contributed by atoms with E-state index in [-0.39, 0.29) is 11.9 Å². The average Bonchev–Trinajstić information content (AvgIpc) is 3.32. The number of hydrogen-bond acceptors (Lipinski definition) is 2. The molecule has 1 aromatic carbocycles. The largest absolute Gasteiger partial charge is 0.360 e. The third-order valence-corrected chi connectivity index (χ3v) is 5.04. The second kappa shape index (κ2) is 5.82. The Bertz CT molecular complexity index is 892. The highest BCUT2D eigenvalue weighted by Gasteiger charge is 2.32. The molecule has 0 unspecified atom stereocenters. The Morgan fingerprint density at radius 2 is 2.29 bits per heavy atom. The fourth-order valence-electron chi connectivity index (χ4n) is 3.81. The van der Waals surface area contributed by atoms with E-state index in [0.29, 0.717) is 0 Å². The summed E-state index contributed by atoms with van der Waals surface area (Å²) in [7, 11) is 1.91. The van der Waals surface area contributed by atoms with Crippen LogP contribution in [0.15, 0.2) is 36.8 Å². The zero-order valence-corrected chi connectivity index (χ0v) is 14.1. The van der Waals surface area contributed by atoms with Crippen LogP contribution >= 0.6 is 0 Å². The quantitative estimate of drug-likeness (QED) is 0.803. The van der Waals surface area contributed by atoms with E-state index in [2.05, 4.69) is 23.1 Å². The minimum absolute atomic E-state index is 0.112. The Labute approximate surface area is 141 Å². The Morgan fingerprint density at radius 1 is 1.42 bits per heavy atom.